The van der Waals surface area contributed by atoms with Gasteiger partial charge in [-0.15, -0.1) is 0 Å². The predicted molar refractivity (Wildman–Crippen MR) is 97.9 cm³/mol. The number of para-hydroxylation sites is 1. The Kier molecular flexibility index (Phi) is 5.99. The van der Waals surface area contributed by atoms with Crippen LogP contribution in [0.2, 0.25) is 0 Å². The normalized spacial score (nSPS) is 17.3. The second-order valence-electron chi connectivity index (χ2n) is 6.84. The summed E-state index contributed by atoms with van der Waals surface area (Å²) < 4.78 is 39.9. The van der Waals surface area contributed by atoms with E-state index in [1.54, 1.807) is 18.2 Å². The first-order valence-electron chi connectivity index (χ1n) is 8.90. The van der Waals surface area contributed by atoms with Crippen LogP contribution in [0.15, 0.2) is 36.4 Å². The number of nitrogens with one attached hydrogen (secondary N) is 1. The third-order valence-corrected chi connectivity index (χ3v) is 4.81. The summed E-state index contributed by atoms with van der Waals surface area (Å²) in [6, 6.07) is 8.30. The van der Waals surface area contributed by atoms with Gasteiger partial charge in [-0.3, -0.25) is 14.5 Å². The Morgan fingerprint density at radius 2 is 1.82 bits per heavy atom. The Hall–Kier alpha value is -2.87. The number of nitrogens with zero attached hydrogens (tertiary/aromatic N) is 1. The third kappa shape index (κ3) is 4.51. The molecule has 1 aliphatic rings. The van der Waals surface area contributed by atoms with Crippen LogP contribution in [-0.4, -0.2) is 29.8 Å². The van der Waals surface area contributed by atoms with E-state index in [1.165, 1.54) is 0 Å². The molecule has 0 spiro atoms. The van der Waals surface area contributed by atoms with Gasteiger partial charge in [-0.25, -0.2) is 13.2 Å². The maximum atomic E-state index is 13.4. The van der Waals surface area contributed by atoms with Gasteiger partial charge in [-0.1, -0.05) is 18.2 Å². The molecule has 0 aromatic heterocycles. The molecule has 1 atom stereocenters. The van der Waals surface area contributed by atoms with E-state index in [9.17, 15) is 22.8 Å². The first-order valence-corrected chi connectivity index (χ1v) is 8.90. The lowest BCUT2D eigenvalue weighted by atomic mass is 9.97. The van der Waals surface area contributed by atoms with Gasteiger partial charge in [0.05, 0.1) is 5.92 Å². The highest BCUT2D eigenvalue weighted by atomic mass is 19.2. The lowest BCUT2D eigenvalue weighted by molar-refractivity contribution is -0.123. The van der Waals surface area contributed by atoms with Crippen molar-refractivity contribution in [3.63, 3.8) is 0 Å². The molecule has 1 aliphatic heterocycles. The second kappa shape index (κ2) is 8.43. The number of nitrogens with two attached hydrogens (primary N) is 1. The Morgan fingerprint density at radius 1 is 1.14 bits per heavy atom. The molecule has 0 bridgehead atoms. The summed E-state index contributed by atoms with van der Waals surface area (Å²) in [6.07, 6.45) is 1.60. The maximum absolute atomic E-state index is 13.4. The number of piperidine rings is 1. The number of rotatable bonds is 5. The summed E-state index contributed by atoms with van der Waals surface area (Å²) in [7, 11) is 0. The van der Waals surface area contributed by atoms with Gasteiger partial charge >= 0.3 is 0 Å². The number of halogens is 3. The summed E-state index contributed by atoms with van der Waals surface area (Å²) in [6.45, 7) is 1.80. The van der Waals surface area contributed by atoms with E-state index in [0.29, 0.717) is 30.9 Å². The number of hydrogen-bond acceptors (Lipinski definition) is 3. The average molecular weight is 391 g/mol. The van der Waals surface area contributed by atoms with E-state index in [1.807, 2.05) is 6.07 Å². The highest BCUT2D eigenvalue weighted by Gasteiger charge is 2.24. The number of anilines is 1. The Labute approximate surface area is 160 Å². The minimum atomic E-state index is -1.62. The largest absolute Gasteiger partial charge is 0.369 e. The second-order valence-corrected chi connectivity index (χ2v) is 6.84. The van der Waals surface area contributed by atoms with Crippen LogP contribution in [0.3, 0.4) is 0 Å². The zero-order valence-electron chi connectivity index (χ0n) is 15.1. The van der Waals surface area contributed by atoms with Crippen molar-refractivity contribution < 1.29 is 22.8 Å². The Balaban J connectivity index is 1.75. The first-order chi connectivity index (χ1) is 13.3. The van der Waals surface area contributed by atoms with Gasteiger partial charge in [0.15, 0.2) is 17.5 Å². The monoisotopic (exact) mass is 391 g/mol. The SMILES string of the molecule is NC(=O)[C@H]1CCCN(Cc2ccccc2NC(=O)c2cc(F)c(F)c(F)c2)C1. The zero-order chi connectivity index (χ0) is 20.3. The molecule has 2 aromatic carbocycles. The fraction of sp³-hybridized carbons (Fsp3) is 0.300. The summed E-state index contributed by atoms with van der Waals surface area (Å²) >= 11 is 0. The number of primary amides is 1. The van der Waals surface area contributed by atoms with Crippen molar-refractivity contribution in [1.29, 1.82) is 0 Å². The zero-order valence-corrected chi connectivity index (χ0v) is 15.1. The molecule has 1 saturated heterocycles. The molecule has 1 heterocycles. The van der Waals surface area contributed by atoms with Gasteiger partial charge in [-0.05, 0) is 43.1 Å². The molecule has 28 heavy (non-hydrogen) atoms. The number of carbonyl (C=O) groups is 2. The van der Waals surface area contributed by atoms with Crippen LogP contribution in [0.25, 0.3) is 0 Å². The van der Waals surface area contributed by atoms with Gasteiger partial charge in [0.2, 0.25) is 5.91 Å². The van der Waals surface area contributed by atoms with Crippen LogP contribution in [0.1, 0.15) is 28.8 Å². The van der Waals surface area contributed by atoms with Crippen molar-refractivity contribution >= 4 is 17.5 Å². The lowest BCUT2D eigenvalue weighted by Crippen LogP contribution is -2.40. The summed E-state index contributed by atoms with van der Waals surface area (Å²) in [4.78, 5) is 25.9. The topological polar surface area (TPSA) is 75.4 Å². The van der Waals surface area contributed by atoms with Crippen molar-refractivity contribution in [3.8, 4) is 0 Å². The van der Waals surface area contributed by atoms with E-state index in [2.05, 4.69) is 10.2 Å². The average Bonchev–Trinajstić information content (AvgIpc) is 2.67. The van der Waals surface area contributed by atoms with E-state index < -0.39 is 23.4 Å². The van der Waals surface area contributed by atoms with E-state index in [-0.39, 0.29) is 17.4 Å². The molecule has 2 aromatic rings. The molecule has 2 amide bonds. The number of likely N-dealkylation sites (tertiary alicyclic amines) is 1. The predicted octanol–water partition coefficient (Wildman–Crippen LogP) is 3.05. The summed E-state index contributed by atoms with van der Waals surface area (Å²) in [5, 5.41) is 2.61. The minimum absolute atomic E-state index is 0.208. The fourth-order valence-electron chi connectivity index (χ4n) is 3.33. The Bertz CT molecular complexity index is 881. The van der Waals surface area contributed by atoms with E-state index in [0.717, 1.165) is 24.9 Å². The molecule has 5 nitrogen and oxygen atoms in total. The van der Waals surface area contributed by atoms with Gasteiger partial charge in [0.1, 0.15) is 0 Å². The quantitative estimate of drug-likeness (QED) is 0.770. The molecule has 0 aliphatic carbocycles. The van der Waals surface area contributed by atoms with Crippen molar-refractivity contribution in [1.82, 2.24) is 4.90 Å². The summed E-state index contributed by atoms with van der Waals surface area (Å²) in [5.74, 6) is -5.76. The molecule has 0 saturated carbocycles. The van der Waals surface area contributed by atoms with Crippen LogP contribution in [0.5, 0.6) is 0 Å². The van der Waals surface area contributed by atoms with E-state index >= 15 is 0 Å². The van der Waals surface area contributed by atoms with Crippen LogP contribution in [-0.2, 0) is 11.3 Å². The Morgan fingerprint density at radius 3 is 2.50 bits per heavy atom. The smallest absolute Gasteiger partial charge is 0.255 e. The first kappa shape index (κ1) is 19.9. The number of amides is 2. The van der Waals surface area contributed by atoms with Crippen LogP contribution < -0.4 is 11.1 Å². The van der Waals surface area contributed by atoms with Crippen LogP contribution in [0, 0.1) is 23.4 Å². The third-order valence-electron chi connectivity index (χ3n) is 4.81. The number of benzene rings is 2. The van der Waals surface area contributed by atoms with Crippen molar-refractivity contribution in [3.05, 3.63) is 65.0 Å². The number of hydrogen-bond donors (Lipinski definition) is 2. The van der Waals surface area contributed by atoms with Crippen molar-refractivity contribution in [2.24, 2.45) is 11.7 Å². The fourth-order valence-corrected chi connectivity index (χ4v) is 3.33. The van der Waals surface area contributed by atoms with Crippen LogP contribution in [0.4, 0.5) is 18.9 Å². The molecular formula is C20H20F3N3O2. The van der Waals surface area contributed by atoms with Gasteiger partial charge < -0.3 is 11.1 Å². The standard InChI is InChI=1S/C20H20F3N3O2/c21-15-8-14(9-16(22)18(15)23)20(28)25-17-6-2-1-4-12(17)10-26-7-3-5-13(11-26)19(24)27/h1-2,4,6,8-9,13H,3,5,7,10-11H2,(H2,24,27)(H,25,28)/t13-/m0/s1. The molecule has 8 heteroatoms. The maximum Gasteiger partial charge on any atom is 0.255 e. The van der Waals surface area contributed by atoms with Crippen molar-refractivity contribution in [2.75, 3.05) is 18.4 Å². The summed E-state index contributed by atoms with van der Waals surface area (Å²) in [5.41, 5.74) is 6.34. The highest BCUT2D eigenvalue weighted by Crippen LogP contribution is 2.23. The molecule has 0 unspecified atom stereocenters. The minimum Gasteiger partial charge on any atom is -0.369 e. The molecule has 0 radical (unpaired) electrons. The van der Waals surface area contributed by atoms with Gasteiger partial charge in [0.25, 0.3) is 5.91 Å². The molecule has 3 N–H and O–H groups in total. The molecule has 1 fully saturated rings. The van der Waals surface area contributed by atoms with Crippen molar-refractivity contribution in [2.45, 2.75) is 19.4 Å². The van der Waals surface area contributed by atoms with E-state index in [4.69, 9.17) is 5.73 Å². The molecular weight excluding hydrogens is 371 g/mol. The van der Waals surface area contributed by atoms with Gasteiger partial charge in [-0.2, -0.15) is 0 Å². The van der Waals surface area contributed by atoms with Gasteiger partial charge in [0, 0.05) is 24.3 Å². The van der Waals surface area contributed by atoms with Crippen LogP contribution >= 0.6 is 0 Å². The molecule has 148 valence electrons. The molecule has 3 rings (SSSR count). The lowest BCUT2D eigenvalue weighted by Gasteiger charge is -2.31. The highest BCUT2D eigenvalue weighted by molar-refractivity contribution is 6.04. The number of carbonyl (C=O) groups excluding carboxylic acids is 2.